The number of carboxylic acid groups (broad SMARTS) is 2. The third-order valence-electron chi connectivity index (χ3n) is 5.55. The molecule has 15 nitrogen and oxygen atoms in total. The molecule has 0 amide bonds. The first-order chi connectivity index (χ1) is 15.8. The molecule has 196 valence electrons. The summed E-state index contributed by atoms with van der Waals surface area (Å²) >= 11 is 0. The van der Waals surface area contributed by atoms with E-state index in [-0.39, 0.29) is 0 Å². The fourth-order valence-corrected chi connectivity index (χ4v) is 3.67. The molecule has 0 aromatic heterocycles. The molecule has 2 heterocycles. The molecule has 0 aromatic carbocycles. The van der Waals surface area contributed by atoms with Crippen molar-refractivity contribution in [1.29, 1.82) is 0 Å². The molecule has 2 saturated heterocycles. The van der Waals surface area contributed by atoms with Gasteiger partial charge in [0.25, 0.3) is 5.79 Å². The smallest absolute Gasteiger partial charge is 0.377 e. The van der Waals surface area contributed by atoms with Crippen LogP contribution in [0.5, 0.6) is 0 Å². The fraction of sp³-hybridized carbons (Fsp3) is 0.789. The lowest BCUT2D eigenvalue weighted by Gasteiger charge is -2.45. The minimum Gasteiger partial charge on any atom is -0.477 e. The minimum atomic E-state index is -2.72. The van der Waals surface area contributed by atoms with Crippen LogP contribution in [0.15, 0.2) is 12.3 Å². The van der Waals surface area contributed by atoms with Gasteiger partial charge in [0.15, 0.2) is 0 Å². The fourth-order valence-electron chi connectivity index (χ4n) is 3.67. The van der Waals surface area contributed by atoms with E-state index in [0.29, 0.717) is 0 Å². The maximum Gasteiger partial charge on any atom is 0.377 e. The van der Waals surface area contributed by atoms with Gasteiger partial charge in [0.1, 0.15) is 36.6 Å². The first-order valence-corrected chi connectivity index (χ1v) is 10.3. The van der Waals surface area contributed by atoms with E-state index >= 15 is 0 Å². The predicted octanol–water partition coefficient (Wildman–Crippen LogP) is -4.15. The van der Waals surface area contributed by atoms with E-state index in [2.05, 4.69) is 0 Å². The van der Waals surface area contributed by atoms with Crippen molar-refractivity contribution in [3.8, 4) is 0 Å². The summed E-state index contributed by atoms with van der Waals surface area (Å²) in [7, 11) is 0. The summed E-state index contributed by atoms with van der Waals surface area (Å²) in [4.78, 5) is 23.7. The number of carbonyl (C=O) groups is 2. The number of rotatable bonds is 10. The van der Waals surface area contributed by atoms with Crippen molar-refractivity contribution >= 4 is 11.9 Å². The molecule has 10 atom stereocenters. The van der Waals surface area contributed by atoms with E-state index in [0.717, 1.165) is 6.26 Å². The second-order valence-corrected chi connectivity index (χ2v) is 8.02. The largest absolute Gasteiger partial charge is 0.477 e. The molecule has 34 heavy (non-hydrogen) atoms. The summed E-state index contributed by atoms with van der Waals surface area (Å²) in [5.74, 6) is -8.70. The van der Waals surface area contributed by atoms with Crippen molar-refractivity contribution in [3.63, 3.8) is 0 Å². The number of aliphatic hydroxyl groups excluding tert-OH is 7. The van der Waals surface area contributed by atoms with Gasteiger partial charge in [0.05, 0.1) is 38.1 Å². The van der Waals surface area contributed by atoms with Crippen LogP contribution in [0.4, 0.5) is 0 Å². The Balaban J connectivity index is 2.24. The van der Waals surface area contributed by atoms with Gasteiger partial charge >= 0.3 is 17.7 Å². The molecule has 0 radical (unpaired) electrons. The van der Waals surface area contributed by atoms with Gasteiger partial charge in [-0.2, -0.15) is 0 Å². The average molecular weight is 498 g/mol. The molecule has 2 fully saturated rings. The molecular formula is C19H30O15. The van der Waals surface area contributed by atoms with Gasteiger partial charge < -0.3 is 64.9 Å². The Hall–Kier alpha value is -1.92. The minimum absolute atomic E-state index is 0.703. The van der Waals surface area contributed by atoms with E-state index in [1.54, 1.807) is 0 Å². The van der Waals surface area contributed by atoms with Crippen molar-refractivity contribution < 1.29 is 74.5 Å². The molecule has 2 aliphatic rings. The molecule has 9 N–H and O–H groups in total. The van der Waals surface area contributed by atoms with Crippen LogP contribution in [0, 0.1) is 0 Å². The lowest BCUT2D eigenvalue weighted by Crippen LogP contribution is -2.64. The highest BCUT2D eigenvalue weighted by atomic mass is 16.7. The lowest BCUT2D eigenvalue weighted by molar-refractivity contribution is -0.338. The molecular weight excluding hydrogens is 468 g/mol. The highest BCUT2D eigenvalue weighted by molar-refractivity contribution is 5.76. The van der Waals surface area contributed by atoms with Gasteiger partial charge in [-0.15, -0.1) is 0 Å². The van der Waals surface area contributed by atoms with Crippen molar-refractivity contribution in [2.24, 2.45) is 0 Å². The van der Waals surface area contributed by atoms with E-state index in [4.69, 9.17) is 24.1 Å². The summed E-state index contributed by atoms with van der Waals surface area (Å²) in [6.45, 7) is -0.438. The molecule has 0 unspecified atom stereocenters. The SMILES string of the molecule is C/C=C\O[C@]1(C(=O)O)C[C@@H](O)[C@@H](O)[C@@H]([C@H](O)CO[C@]2(C(=O)O)C[C@@H](O)[C@@H](O)[C@@H]([C@H](O)CO)O2)O1. The van der Waals surface area contributed by atoms with E-state index in [1.165, 1.54) is 13.0 Å². The number of aliphatic carboxylic acids is 2. The van der Waals surface area contributed by atoms with Crippen LogP contribution >= 0.6 is 0 Å². The number of aliphatic hydroxyl groups is 7. The number of carboxylic acids is 2. The normalized spacial score (nSPS) is 40.6. The molecule has 0 bridgehead atoms. The first-order valence-electron chi connectivity index (χ1n) is 10.3. The Kier molecular flexibility index (Phi) is 9.34. The number of allylic oxidation sites excluding steroid dienone is 1. The quantitative estimate of drug-likeness (QED) is 0.130. The maximum atomic E-state index is 11.9. The third-order valence-corrected chi connectivity index (χ3v) is 5.55. The van der Waals surface area contributed by atoms with Crippen molar-refractivity contribution in [2.45, 2.75) is 80.2 Å². The summed E-state index contributed by atoms with van der Waals surface area (Å²) in [5, 5.41) is 89.1. The van der Waals surface area contributed by atoms with Crippen LogP contribution in [0.25, 0.3) is 0 Å². The molecule has 0 aromatic rings. The summed E-state index contributed by atoms with van der Waals surface area (Å²) in [6.07, 6.45) is -13.7. The Morgan fingerprint density at radius 3 is 1.88 bits per heavy atom. The molecule has 15 heteroatoms. The van der Waals surface area contributed by atoms with E-state index < -0.39 is 98.4 Å². The van der Waals surface area contributed by atoms with Gasteiger partial charge in [0.2, 0.25) is 0 Å². The van der Waals surface area contributed by atoms with Gasteiger partial charge in [-0.1, -0.05) is 6.08 Å². The summed E-state index contributed by atoms with van der Waals surface area (Å²) < 4.78 is 20.7. The highest BCUT2D eigenvalue weighted by Crippen LogP contribution is 2.35. The monoisotopic (exact) mass is 498 g/mol. The Morgan fingerprint density at radius 2 is 1.41 bits per heavy atom. The van der Waals surface area contributed by atoms with Gasteiger partial charge in [0, 0.05) is 6.42 Å². The number of hydrogen-bond donors (Lipinski definition) is 9. The maximum absolute atomic E-state index is 11.9. The lowest BCUT2D eigenvalue weighted by atomic mass is 9.91. The van der Waals surface area contributed by atoms with Crippen molar-refractivity contribution in [3.05, 3.63) is 12.3 Å². The molecule has 2 aliphatic heterocycles. The van der Waals surface area contributed by atoms with E-state index in [1.807, 2.05) is 0 Å². The van der Waals surface area contributed by atoms with Crippen molar-refractivity contribution in [2.75, 3.05) is 13.2 Å². The zero-order chi connectivity index (χ0) is 25.8. The van der Waals surface area contributed by atoms with Crippen LogP contribution in [-0.2, 0) is 28.5 Å². The number of ether oxygens (including phenoxy) is 4. The topological polar surface area (TPSA) is 253 Å². The number of hydrogen-bond acceptors (Lipinski definition) is 13. The van der Waals surface area contributed by atoms with Crippen LogP contribution < -0.4 is 0 Å². The Bertz CT molecular complexity index is 745. The summed E-state index contributed by atoms with van der Waals surface area (Å²) in [6, 6.07) is 0. The van der Waals surface area contributed by atoms with Gasteiger partial charge in [-0.25, -0.2) is 9.59 Å². The van der Waals surface area contributed by atoms with Crippen LogP contribution in [-0.4, -0.2) is 132 Å². The molecule has 0 saturated carbocycles. The Morgan fingerprint density at radius 1 is 0.941 bits per heavy atom. The molecule has 0 spiro atoms. The predicted molar refractivity (Wildman–Crippen MR) is 105 cm³/mol. The molecule has 2 rings (SSSR count). The zero-order valence-electron chi connectivity index (χ0n) is 18.1. The van der Waals surface area contributed by atoms with Crippen LogP contribution in [0.1, 0.15) is 19.8 Å². The second-order valence-electron chi connectivity index (χ2n) is 8.02. The second kappa shape index (κ2) is 11.2. The highest BCUT2D eigenvalue weighted by Gasteiger charge is 2.57. The van der Waals surface area contributed by atoms with E-state index in [9.17, 15) is 50.4 Å². The first kappa shape index (κ1) is 28.3. The zero-order valence-corrected chi connectivity index (χ0v) is 18.1. The third kappa shape index (κ3) is 5.65. The summed E-state index contributed by atoms with van der Waals surface area (Å²) in [5.41, 5.74) is 0. The average Bonchev–Trinajstić information content (AvgIpc) is 2.79. The van der Waals surface area contributed by atoms with Crippen LogP contribution in [0.2, 0.25) is 0 Å². The van der Waals surface area contributed by atoms with Gasteiger partial charge in [-0.3, -0.25) is 0 Å². The van der Waals surface area contributed by atoms with Crippen molar-refractivity contribution in [1.82, 2.24) is 0 Å². The Labute approximate surface area is 193 Å². The standard InChI is InChI=1S/C19H30O15/c1-2-3-31-18(16(27)28)4-8(21)13(26)15(34-18)11(24)7-32-19(17(29)30)5-9(22)12(25)14(33-19)10(23)6-20/h2-3,8-15,20-26H,4-7H2,1H3,(H,27,28)(H,29,30)/b3-2-/t8-,9-,10-,11-,12-,13-,14-,15-,18-,19-/m1/s1. The van der Waals surface area contributed by atoms with Crippen LogP contribution in [0.3, 0.4) is 0 Å². The molecule has 0 aliphatic carbocycles. The van der Waals surface area contributed by atoms with Gasteiger partial charge in [-0.05, 0) is 6.92 Å².